The van der Waals surface area contributed by atoms with E-state index in [0.29, 0.717) is 5.82 Å². The molecular weight excluding hydrogens is 727 g/mol. The van der Waals surface area contributed by atoms with Crippen LogP contribution in [0.25, 0.3) is 55.8 Å². The zero-order chi connectivity index (χ0) is 39.9. The van der Waals surface area contributed by atoms with Crippen molar-refractivity contribution in [3.63, 3.8) is 0 Å². The van der Waals surface area contributed by atoms with Crippen LogP contribution in [-0.2, 0) is 5.41 Å². The van der Waals surface area contributed by atoms with Crippen molar-refractivity contribution in [2.24, 2.45) is 0 Å². The second-order valence-electron chi connectivity index (χ2n) is 15.3. The first-order valence-corrected chi connectivity index (χ1v) is 20.5. The van der Waals surface area contributed by atoms with Crippen LogP contribution in [0.5, 0.6) is 0 Å². The van der Waals surface area contributed by atoms with E-state index in [0.717, 1.165) is 44.8 Å². The molecule has 0 atom stereocenters. The molecule has 1 heterocycles. The van der Waals surface area contributed by atoms with Crippen molar-refractivity contribution in [2.75, 3.05) is 4.90 Å². The molecule has 10 aromatic rings. The number of nitrogens with zero attached hydrogens (tertiary/aromatic N) is 3. The topological polar surface area (TPSA) is 29.0 Å². The average molecular weight is 766 g/mol. The Hall–Kier alpha value is -7.88. The van der Waals surface area contributed by atoms with Crippen LogP contribution >= 0.6 is 0 Å². The van der Waals surface area contributed by atoms with Crippen molar-refractivity contribution >= 4 is 28.0 Å². The number of aromatic nitrogens is 2. The fourth-order valence-corrected chi connectivity index (χ4v) is 9.30. The van der Waals surface area contributed by atoms with Crippen LogP contribution in [0, 0.1) is 0 Å². The van der Waals surface area contributed by atoms with Gasteiger partial charge in [-0.2, -0.15) is 0 Å². The van der Waals surface area contributed by atoms with Gasteiger partial charge in [0, 0.05) is 33.5 Å². The summed E-state index contributed by atoms with van der Waals surface area (Å²) in [6, 6.07) is 84.7. The van der Waals surface area contributed by atoms with Gasteiger partial charge < -0.3 is 4.90 Å². The molecule has 9 aromatic carbocycles. The van der Waals surface area contributed by atoms with Crippen molar-refractivity contribution in [2.45, 2.75) is 5.41 Å². The van der Waals surface area contributed by atoms with Crippen LogP contribution in [0.2, 0.25) is 0 Å². The molecule has 0 spiro atoms. The van der Waals surface area contributed by atoms with Gasteiger partial charge in [-0.25, -0.2) is 9.97 Å². The van der Waals surface area contributed by atoms with E-state index in [1.807, 2.05) is 12.1 Å². The van der Waals surface area contributed by atoms with Crippen LogP contribution in [0.4, 0.5) is 17.1 Å². The zero-order valence-electron chi connectivity index (χ0n) is 32.9. The molecule has 0 saturated heterocycles. The van der Waals surface area contributed by atoms with Gasteiger partial charge in [0.05, 0.1) is 22.3 Å². The van der Waals surface area contributed by atoms with Gasteiger partial charge in [0.2, 0.25) is 0 Å². The second kappa shape index (κ2) is 14.8. The molecule has 60 heavy (non-hydrogen) atoms. The summed E-state index contributed by atoms with van der Waals surface area (Å²) >= 11 is 0. The minimum absolute atomic E-state index is 0.513. The summed E-state index contributed by atoms with van der Waals surface area (Å²) < 4.78 is 0. The normalized spacial score (nSPS) is 12.5. The summed E-state index contributed by atoms with van der Waals surface area (Å²) in [7, 11) is 0. The Morgan fingerprint density at radius 3 is 1.50 bits per heavy atom. The Morgan fingerprint density at radius 2 is 0.850 bits per heavy atom. The van der Waals surface area contributed by atoms with Crippen molar-refractivity contribution in [1.82, 2.24) is 9.97 Å². The van der Waals surface area contributed by atoms with E-state index in [2.05, 4.69) is 229 Å². The van der Waals surface area contributed by atoms with Crippen LogP contribution < -0.4 is 4.90 Å². The van der Waals surface area contributed by atoms with E-state index in [9.17, 15) is 0 Å². The summed E-state index contributed by atoms with van der Waals surface area (Å²) in [6.07, 6.45) is 0. The van der Waals surface area contributed by atoms with Crippen LogP contribution in [0.1, 0.15) is 22.3 Å². The lowest BCUT2D eigenvalue weighted by Gasteiger charge is -2.34. The largest absolute Gasteiger partial charge is 0.310 e. The molecule has 0 amide bonds. The standard InChI is InChI=1S/C57H39N3/c1-5-18-40(19-6-1)41-32-36-46(37-33-41)60(47-38-34-43(35-39-47)56-58-52-30-16-14-27-49(52)55(59-56)42-20-7-2-8-21-42)53-31-17-29-51-54(53)48-26-13-15-28-50(48)57(51,44-22-9-3-10-23-44)45-24-11-4-12-25-45/h1-39H. The third kappa shape index (κ3) is 5.82. The van der Waals surface area contributed by atoms with Gasteiger partial charge >= 0.3 is 0 Å². The van der Waals surface area contributed by atoms with Gasteiger partial charge in [0.15, 0.2) is 5.82 Å². The minimum atomic E-state index is -0.513. The highest BCUT2D eigenvalue weighted by atomic mass is 15.1. The minimum Gasteiger partial charge on any atom is -0.310 e. The molecule has 3 nitrogen and oxygen atoms in total. The molecular formula is C57H39N3. The summed E-state index contributed by atoms with van der Waals surface area (Å²) in [5.74, 6) is 0.697. The molecule has 0 saturated carbocycles. The average Bonchev–Trinajstić information content (AvgIpc) is 3.64. The lowest BCUT2D eigenvalue weighted by Crippen LogP contribution is -2.28. The number of rotatable bonds is 8. The number of hydrogen-bond acceptors (Lipinski definition) is 3. The first kappa shape index (κ1) is 35.3. The van der Waals surface area contributed by atoms with E-state index in [1.165, 1.54) is 44.5 Å². The number of para-hydroxylation sites is 1. The predicted octanol–water partition coefficient (Wildman–Crippen LogP) is 14.5. The molecule has 1 aliphatic carbocycles. The molecule has 1 aliphatic rings. The molecule has 1 aromatic heterocycles. The molecule has 282 valence electrons. The summed E-state index contributed by atoms with van der Waals surface area (Å²) in [6.45, 7) is 0. The third-order valence-corrected chi connectivity index (χ3v) is 12.0. The maximum atomic E-state index is 5.19. The smallest absolute Gasteiger partial charge is 0.160 e. The van der Waals surface area contributed by atoms with Crippen molar-refractivity contribution in [3.05, 3.63) is 259 Å². The highest BCUT2D eigenvalue weighted by Gasteiger charge is 2.47. The van der Waals surface area contributed by atoms with Crippen molar-refractivity contribution < 1.29 is 0 Å². The second-order valence-corrected chi connectivity index (χ2v) is 15.3. The van der Waals surface area contributed by atoms with Crippen LogP contribution in [0.15, 0.2) is 237 Å². The van der Waals surface area contributed by atoms with Crippen LogP contribution in [0.3, 0.4) is 0 Å². The summed E-state index contributed by atoms with van der Waals surface area (Å²) in [5.41, 5.74) is 16.4. The van der Waals surface area contributed by atoms with Crippen molar-refractivity contribution in [1.29, 1.82) is 0 Å². The molecule has 0 fully saturated rings. The summed E-state index contributed by atoms with van der Waals surface area (Å²) in [4.78, 5) is 12.7. The van der Waals surface area contributed by atoms with Gasteiger partial charge in [0.1, 0.15) is 0 Å². The van der Waals surface area contributed by atoms with E-state index < -0.39 is 5.41 Å². The number of anilines is 3. The van der Waals surface area contributed by atoms with Gasteiger partial charge in [-0.05, 0) is 87.5 Å². The molecule has 0 bridgehead atoms. The lowest BCUT2D eigenvalue weighted by atomic mass is 9.68. The number of benzene rings is 9. The monoisotopic (exact) mass is 765 g/mol. The Labute approximate surface area is 350 Å². The molecule has 11 rings (SSSR count). The van der Waals surface area contributed by atoms with E-state index in [-0.39, 0.29) is 0 Å². The lowest BCUT2D eigenvalue weighted by molar-refractivity contribution is 0.768. The number of fused-ring (bicyclic) bond motifs is 4. The molecule has 0 radical (unpaired) electrons. The first-order chi connectivity index (χ1) is 29.8. The molecule has 0 N–H and O–H groups in total. The molecule has 0 unspecified atom stereocenters. The van der Waals surface area contributed by atoms with Gasteiger partial charge in [0.25, 0.3) is 0 Å². The maximum absolute atomic E-state index is 5.19. The molecule has 0 aliphatic heterocycles. The summed E-state index contributed by atoms with van der Waals surface area (Å²) in [5, 5.41) is 1.04. The fourth-order valence-electron chi connectivity index (χ4n) is 9.30. The highest BCUT2D eigenvalue weighted by molar-refractivity contribution is 5.98. The maximum Gasteiger partial charge on any atom is 0.160 e. The number of hydrogen-bond donors (Lipinski definition) is 0. The Kier molecular flexibility index (Phi) is 8.71. The predicted molar refractivity (Wildman–Crippen MR) is 248 cm³/mol. The van der Waals surface area contributed by atoms with Crippen LogP contribution in [-0.4, -0.2) is 9.97 Å². The molecule has 3 heteroatoms. The Bertz CT molecular complexity index is 3070. The fraction of sp³-hybridized carbons (Fsp3) is 0.0175. The van der Waals surface area contributed by atoms with E-state index in [4.69, 9.17) is 9.97 Å². The van der Waals surface area contributed by atoms with Crippen molar-refractivity contribution in [3.8, 4) is 44.9 Å². The highest BCUT2D eigenvalue weighted by Crippen LogP contribution is 2.59. The first-order valence-electron chi connectivity index (χ1n) is 20.5. The van der Waals surface area contributed by atoms with E-state index in [1.54, 1.807) is 0 Å². The Morgan fingerprint density at radius 1 is 0.350 bits per heavy atom. The Balaban J connectivity index is 1.11. The van der Waals surface area contributed by atoms with Gasteiger partial charge in [-0.15, -0.1) is 0 Å². The van der Waals surface area contributed by atoms with Gasteiger partial charge in [-0.1, -0.05) is 188 Å². The van der Waals surface area contributed by atoms with E-state index >= 15 is 0 Å². The zero-order valence-corrected chi connectivity index (χ0v) is 32.9. The van der Waals surface area contributed by atoms with Gasteiger partial charge in [-0.3, -0.25) is 0 Å². The third-order valence-electron chi connectivity index (χ3n) is 12.0. The quantitative estimate of drug-likeness (QED) is 0.154. The SMILES string of the molecule is c1ccc(-c2ccc(N(c3ccc(-c4nc(-c5ccccc5)c5ccccc5n4)cc3)c3cccc4c3-c3ccccc3C4(c3ccccc3)c3ccccc3)cc2)cc1.